The van der Waals surface area contributed by atoms with Crippen LogP contribution >= 0.6 is 11.3 Å². The average Bonchev–Trinajstić information content (AvgIpc) is 2.54. The second-order valence-electron chi connectivity index (χ2n) is 2.89. The standard InChI is InChI=1S/C9H14N2OS/c1-7(12)11-9(2-4-10)8-3-5-13-6-8/h3,5-6,9H,2,4,10H2,1H3,(H,11,12). The lowest BCUT2D eigenvalue weighted by molar-refractivity contribution is -0.119. The summed E-state index contributed by atoms with van der Waals surface area (Å²) in [5.41, 5.74) is 6.61. The Balaban J connectivity index is 2.62. The third-order valence-electron chi connectivity index (χ3n) is 1.78. The number of carbonyl (C=O) groups is 1. The van der Waals surface area contributed by atoms with Gasteiger partial charge in [-0.3, -0.25) is 4.79 Å². The monoisotopic (exact) mass is 198 g/mol. The maximum atomic E-state index is 10.9. The van der Waals surface area contributed by atoms with Crippen molar-refractivity contribution in [2.75, 3.05) is 6.54 Å². The number of carbonyl (C=O) groups excluding carboxylic acids is 1. The highest BCUT2D eigenvalue weighted by molar-refractivity contribution is 7.07. The molecule has 0 aliphatic heterocycles. The predicted octanol–water partition coefficient (Wildman–Crippen LogP) is 1.27. The maximum absolute atomic E-state index is 10.9. The van der Waals surface area contributed by atoms with Crippen molar-refractivity contribution < 1.29 is 4.79 Å². The van der Waals surface area contributed by atoms with Crippen molar-refractivity contribution in [3.63, 3.8) is 0 Å². The van der Waals surface area contributed by atoms with Gasteiger partial charge in [-0.2, -0.15) is 11.3 Å². The minimum Gasteiger partial charge on any atom is -0.349 e. The topological polar surface area (TPSA) is 55.1 Å². The highest BCUT2D eigenvalue weighted by atomic mass is 32.1. The molecule has 1 heterocycles. The number of amides is 1. The molecule has 0 aliphatic rings. The van der Waals surface area contributed by atoms with Crippen LogP contribution in [0, 0.1) is 0 Å². The van der Waals surface area contributed by atoms with E-state index in [-0.39, 0.29) is 11.9 Å². The first-order chi connectivity index (χ1) is 6.24. The van der Waals surface area contributed by atoms with Crippen LogP contribution in [-0.2, 0) is 4.79 Å². The van der Waals surface area contributed by atoms with Gasteiger partial charge in [-0.25, -0.2) is 0 Å². The molecule has 72 valence electrons. The lowest BCUT2D eigenvalue weighted by atomic mass is 10.1. The van der Waals surface area contributed by atoms with Gasteiger partial charge in [0.15, 0.2) is 0 Å². The Morgan fingerprint density at radius 1 is 1.77 bits per heavy atom. The minimum atomic E-state index is -0.00958. The van der Waals surface area contributed by atoms with E-state index >= 15 is 0 Å². The Morgan fingerprint density at radius 3 is 3.00 bits per heavy atom. The fraction of sp³-hybridized carbons (Fsp3) is 0.444. The number of rotatable bonds is 4. The Bertz CT molecular complexity index is 259. The van der Waals surface area contributed by atoms with Crippen molar-refractivity contribution in [2.24, 2.45) is 5.73 Å². The highest BCUT2D eigenvalue weighted by Crippen LogP contribution is 2.18. The molecule has 3 nitrogen and oxygen atoms in total. The SMILES string of the molecule is CC(=O)NC(CCN)c1ccsc1. The third kappa shape index (κ3) is 3.16. The van der Waals surface area contributed by atoms with E-state index in [1.165, 1.54) is 6.92 Å². The van der Waals surface area contributed by atoms with Gasteiger partial charge in [0, 0.05) is 6.92 Å². The molecule has 0 aromatic carbocycles. The zero-order valence-corrected chi connectivity index (χ0v) is 8.43. The highest BCUT2D eigenvalue weighted by Gasteiger charge is 2.11. The van der Waals surface area contributed by atoms with Crippen molar-refractivity contribution in [3.8, 4) is 0 Å². The zero-order valence-electron chi connectivity index (χ0n) is 7.62. The summed E-state index contributed by atoms with van der Waals surface area (Å²) in [6.07, 6.45) is 0.788. The van der Waals surface area contributed by atoms with Crippen LogP contribution < -0.4 is 11.1 Å². The Kier molecular flexibility index (Phi) is 3.92. The fourth-order valence-electron chi connectivity index (χ4n) is 1.21. The van der Waals surface area contributed by atoms with E-state index in [2.05, 4.69) is 5.32 Å². The number of hydrogen-bond donors (Lipinski definition) is 2. The Hall–Kier alpha value is -0.870. The van der Waals surface area contributed by atoms with Gasteiger partial charge in [0.05, 0.1) is 6.04 Å². The smallest absolute Gasteiger partial charge is 0.217 e. The van der Waals surface area contributed by atoms with Crippen LogP contribution in [0.15, 0.2) is 16.8 Å². The van der Waals surface area contributed by atoms with Gasteiger partial charge >= 0.3 is 0 Å². The van der Waals surface area contributed by atoms with E-state index in [0.717, 1.165) is 12.0 Å². The predicted molar refractivity (Wildman–Crippen MR) is 54.5 cm³/mol. The average molecular weight is 198 g/mol. The quantitative estimate of drug-likeness (QED) is 0.765. The van der Waals surface area contributed by atoms with E-state index in [1.807, 2.05) is 16.8 Å². The molecular weight excluding hydrogens is 184 g/mol. The Labute approximate surface area is 81.9 Å². The van der Waals surface area contributed by atoms with Crippen LogP contribution in [-0.4, -0.2) is 12.5 Å². The van der Waals surface area contributed by atoms with Crippen molar-refractivity contribution in [1.29, 1.82) is 0 Å². The van der Waals surface area contributed by atoms with Crippen LogP contribution in [0.3, 0.4) is 0 Å². The summed E-state index contributed by atoms with van der Waals surface area (Å²) in [5.74, 6) is -0.00958. The van der Waals surface area contributed by atoms with Gasteiger partial charge in [0.1, 0.15) is 0 Å². The first kappa shape index (κ1) is 10.2. The van der Waals surface area contributed by atoms with Crippen LogP contribution in [0.1, 0.15) is 24.9 Å². The van der Waals surface area contributed by atoms with Crippen molar-refractivity contribution in [2.45, 2.75) is 19.4 Å². The summed E-state index contributed by atoms with van der Waals surface area (Å²) in [6.45, 7) is 2.11. The lowest BCUT2D eigenvalue weighted by Gasteiger charge is -2.15. The van der Waals surface area contributed by atoms with Gasteiger partial charge in [-0.1, -0.05) is 0 Å². The van der Waals surface area contributed by atoms with Crippen LogP contribution in [0.5, 0.6) is 0 Å². The molecule has 1 amide bonds. The molecule has 0 radical (unpaired) electrons. The van der Waals surface area contributed by atoms with Crippen molar-refractivity contribution in [1.82, 2.24) is 5.32 Å². The second kappa shape index (κ2) is 4.99. The number of nitrogens with one attached hydrogen (secondary N) is 1. The summed E-state index contributed by atoms with van der Waals surface area (Å²) in [4.78, 5) is 10.9. The second-order valence-corrected chi connectivity index (χ2v) is 3.67. The number of nitrogens with two attached hydrogens (primary N) is 1. The molecule has 1 aromatic rings. The van der Waals surface area contributed by atoms with E-state index in [4.69, 9.17) is 5.73 Å². The van der Waals surface area contributed by atoms with Crippen molar-refractivity contribution in [3.05, 3.63) is 22.4 Å². The van der Waals surface area contributed by atoms with E-state index in [0.29, 0.717) is 6.54 Å². The largest absolute Gasteiger partial charge is 0.349 e. The number of thiophene rings is 1. The molecule has 1 atom stereocenters. The molecule has 13 heavy (non-hydrogen) atoms. The van der Waals surface area contributed by atoms with Gasteiger partial charge < -0.3 is 11.1 Å². The summed E-state index contributed by atoms with van der Waals surface area (Å²) >= 11 is 1.63. The van der Waals surface area contributed by atoms with Gasteiger partial charge in [-0.15, -0.1) is 0 Å². The minimum absolute atomic E-state index is 0.00958. The molecule has 0 bridgehead atoms. The van der Waals surface area contributed by atoms with Crippen LogP contribution in [0.4, 0.5) is 0 Å². The molecule has 3 N–H and O–H groups in total. The van der Waals surface area contributed by atoms with Crippen molar-refractivity contribution >= 4 is 17.2 Å². The lowest BCUT2D eigenvalue weighted by Crippen LogP contribution is -2.27. The fourth-order valence-corrected chi connectivity index (χ4v) is 1.92. The molecule has 1 rings (SSSR count). The summed E-state index contributed by atoms with van der Waals surface area (Å²) in [7, 11) is 0. The van der Waals surface area contributed by atoms with Gasteiger partial charge in [0.2, 0.25) is 5.91 Å². The normalized spacial score (nSPS) is 12.5. The van der Waals surface area contributed by atoms with Crippen LogP contribution in [0.25, 0.3) is 0 Å². The molecular formula is C9H14N2OS. The first-order valence-corrected chi connectivity index (χ1v) is 5.17. The summed E-state index contributed by atoms with van der Waals surface area (Å²) in [5, 5.41) is 6.91. The van der Waals surface area contributed by atoms with E-state index in [9.17, 15) is 4.79 Å². The Morgan fingerprint density at radius 2 is 2.54 bits per heavy atom. The van der Waals surface area contributed by atoms with E-state index < -0.39 is 0 Å². The van der Waals surface area contributed by atoms with E-state index in [1.54, 1.807) is 11.3 Å². The molecule has 0 aliphatic carbocycles. The van der Waals surface area contributed by atoms with Gasteiger partial charge in [0.25, 0.3) is 0 Å². The molecule has 0 fully saturated rings. The third-order valence-corrected chi connectivity index (χ3v) is 2.48. The molecule has 4 heteroatoms. The summed E-state index contributed by atoms with van der Waals surface area (Å²) < 4.78 is 0. The molecule has 1 aromatic heterocycles. The van der Waals surface area contributed by atoms with Gasteiger partial charge in [-0.05, 0) is 35.4 Å². The molecule has 0 saturated carbocycles. The molecule has 0 saturated heterocycles. The summed E-state index contributed by atoms with van der Waals surface area (Å²) in [6, 6.07) is 2.09. The maximum Gasteiger partial charge on any atom is 0.217 e. The molecule has 0 spiro atoms. The molecule has 1 unspecified atom stereocenters. The van der Waals surface area contributed by atoms with Crippen LogP contribution in [0.2, 0.25) is 0 Å². The zero-order chi connectivity index (χ0) is 9.68. The number of hydrogen-bond acceptors (Lipinski definition) is 3. The first-order valence-electron chi connectivity index (χ1n) is 4.23.